The Hall–Kier alpha value is -4.92. The predicted molar refractivity (Wildman–Crippen MR) is 202 cm³/mol. The molecule has 5 aromatic carbocycles. The molecule has 0 fully saturated rings. The van der Waals surface area contributed by atoms with Crippen molar-refractivity contribution in [2.24, 2.45) is 0 Å². The lowest BCUT2D eigenvalue weighted by Crippen LogP contribution is -2.15. The van der Waals surface area contributed by atoms with Crippen LogP contribution in [0.15, 0.2) is 86.3 Å². The predicted octanol–water partition coefficient (Wildman–Crippen LogP) is 3.82. The number of carbonyl (C=O) groups is 1. The van der Waals surface area contributed by atoms with Gasteiger partial charge in [-0.3, -0.25) is 23.0 Å². The highest BCUT2D eigenvalue weighted by molar-refractivity contribution is 7.87. The summed E-state index contributed by atoms with van der Waals surface area (Å²) in [5.41, 5.74) is 5.54. The molecule has 0 atom stereocenters. The fourth-order valence-corrected chi connectivity index (χ4v) is 7.53. The molecule has 298 valence electrons. The van der Waals surface area contributed by atoms with Crippen LogP contribution in [-0.2, 0) is 40.5 Å². The van der Waals surface area contributed by atoms with E-state index in [1.165, 1.54) is 6.07 Å². The van der Waals surface area contributed by atoms with Crippen molar-refractivity contribution in [3.63, 3.8) is 0 Å². The highest BCUT2D eigenvalue weighted by Crippen LogP contribution is 2.39. The van der Waals surface area contributed by atoms with Crippen molar-refractivity contribution in [3.05, 3.63) is 72.3 Å². The van der Waals surface area contributed by atoms with Gasteiger partial charge in [0.15, 0.2) is 0 Å². The molecule has 0 aromatic heterocycles. The number of aromatic hydroxyl groups is 2. The summed E-state index contributed by atoms with van der Waals surface area (Å²) in [4.78, 5) is 10.2. The summed E-state index contributed by atoms with van der Waals surface area (Å²) in [6.45, 7) is 4.10. The molecule has 0 unspecified atom stereocenters. The maximum absolute atomic E-state index is 13.1. The van der Waals surface area contributed by atoms with Crippen LogP contribution in [0, 0.1) is 0 Å². The van der Waals surface area contributed by atoms with Gasteiger partial charge < -0.3 is 30.7 Å². The number of nitrogens with one attached hydrogen (secondary N) is 1. The molecular weight excluding hydrogens is 833 g/mol. The highest BCUT2D eigenvalue weighted by Gasteiger charge is 2.25. The summed E-state index contributed by atoms with van der Waals surface area (Å²) in [5.74, 6) is -1.48. The number of phenols is 2. The second kappa shape index (κ2) is 16.4. The zero-order valence-corrected chi connectivity index (χ0v) is 32.4. The SMILES string of the molecule is CCOc1ccc(OCC)c(C(=O)Nc2ccc(S(=O)(=O)O)c3cc(S(=O)(=O)O)cc(O)c23)c1.Nc1ccc(S(=O)(=O)O)c2cc(S(=O)(=O)O)cc(O)c12.S. The van der Waals surface area contributed by atoms with Gasteiger partial charge in [0, 0.05) is 39.4 Å². The van der Waals surface area contributed by atoms with Crippen LogP contribution >= 0.6 is 13.5 Å². The molecule has 0 bridgehead atoms. The number of nitrogens with two attached hydrogens (primary N) is 1. The number of hydrogen-bond acceptors (Lipinski definition) is 14. The molecule has 24 heteroatoms. The summed E-state index contributed by atoms with van der Waals surface area (Å²) >= 11 is 0. The number of fused-ring (bicyclic) bond motifs is 2. The first kappa shape index (κ1) is 44.5. The van der Waals surface area contributed by atoms with Gasteiger partial charge in [-0.25, -0.2) is 0 Å². The first-order valence-electron chi connectivity index (χ1n) is 14.8. The highest BCUT2D eigenvalue weighted by atomic mass is 32.2. The summed E-state index contributed by atoms with van der Waals surface area (Å²) in [6, 6.07) is 11.7. The number of phenolic OH excluding ortho intramolecular Hbond substituents is 2. The molecule has 9 N–H and O–H groups in total. The van der Waals surface area contributed by atoms with Crippen molar-refractivity contribution in [2.45, 2.75) is 33.4 Å². The molecule has 0 saturated heterocycles. The van der Waals surface area contributed by atoms with E-state index in [1.54, 1.807) is 26.0 Å². The molecule has 0 saturated carbocycles. The second-order valence-electron chi connectivity index (χ2n) is 10.9. The van der Waals surface area contributed by atoms with Gasteiger partial charge in [0.1, 0.15) is 32.8 Å². The van der Waals surface area contributed by atoms with Gasteiger partial charge in [-0.15, -0.1) is 0 Å². The lowest BCUT2D eigenvalue weighted by Gasteiger charge is -2.15. The van der Waals surface area contributed by atoms with E-state index in [0.717, 1.165) is 42.5 Å². The van der Waals surface area contributed by atoms with E-state index in [2.05, 4.69) is 5.32 Å². The van der Waals surface area contributed by atoms with E-state index in [4.69, 9.17) is 24.3 Å². The summed E-state index contributed by atoms with van der Waals surface area (Å²) < 4.78 is 139. The lowest BCUT2D eigenvalue weighted by atomic mass is 10.1. The Labute approximate surface area is 320 Å². The smallest absolute Gasteiger partial charge is 0.295 e. The van der Waals surface area contributed by atoms with Crippen molar-refractivity contribution < 1.29 is 76.4 Å². The number of benzene rings is 5. The molecule has 0 heterocycles. The van der Waals surface area contributed by atoms with Crippen LogP contribution < -0.4 is 20.5 Å². The maximum atomic E-state index is 13.1. The van der Waals surface area contributed by atoms with Crippen LogP contribution in [0.4, 0.5) is 11.4 Å². The van der Waals surface area contributed by atoms with Crippen molar-refractivity contribution in [2.75, 3.05) is 24.3 Å². The fourth-order valence-electron chi connectivity index (χ4n) is 5.11. The van der Waals surface area contributed by atoms with Crippen LogP contribution in [-0.4, -0.2) is 81.2 Å². The van der Waals surface area contributed by atoms with Crippen LogP contribution in [0.3, 0.4) is 0 Å². The van der Waals surface area contributed by atoms with Crippen molar-refractivity contribution >= 4 is 92.8 Å². The topological polar surface area (TPSA) is 332 Å². The van der Waals surface area contributed by atoms with Crippen LogP contribution in [0.2, 0.25) is 0 Å². The van der Waals surface area contributed by atoms with Gasteiger partial charge in [-0.1, -0.05) is 0 Å². The summed E-state index contributed by atoms with van der Waals surface area (Å²) in [6.07, 6.45) is 0. The standard InChI is InChI=1S/C21H21NO10S2.C10H9NO7S2.H2S/c1-3-31-12-5-7-18(32-4-2)14(9-12)21(24)22-16-6-8-19(34(28,29)30)15-10-13(33(25,26)27)11-17(23)20(15)16;11-7-1-2-9(20(16,17)18)6-3-5(19(13,14)15)4-8(12)10(6)7;/h5-11,23H,3-4H2,1-2H3,(H,22,24)(H,25,26,27)(H,28,29,30);1-4,12H,11H2,(H,13,14,15)(H,16,17,18);1H2. The average Bonchev–Trinajstić information content (AvgIpc) is 3.03. The van der Waals surface area contributed by atoms with Crippen LogP contribution in [0.5, 0.6) is 23.0 Å². The Kier molecular flexibility index (Phi) is 13.3. The molecule has 5 rings (SSSR count). The fraction of sp³-hybridized carbons (Fsp3) is 0.129. The molecule has 0 aliphatic rings. The zero-order valence-electron chi connectivity index (χ0n) is 28.1. The molecule has 1 amide bonds. The minimum Gasteiger partial charge on any atom is -0.507 e. The Morgan fingerprint density at radius 3 is 1.58 bits per heavy atom. The summed E-state index contributed by atoms with van der Waals surface area (Å²) in [5, 5.41) is 21.6. The van der Waals surface area contributed by atoms with E-state index in [0.29, 0.717) is 18.4 Å². The molecule has 0 aliphatic carbocycles. The molecule has 19 nitrogen and oxygen atoms in total. The van der Waals surface area contributed by atoms with Gasteiger partial charge in [0.2, 0.25) is 0 Å². The first-order chi connectivity index (χ1) is 24.9. The van der Waals surface area contributed by atoms with Gasteiger partial charge in [-0.2, -0.15) is 47.2 Å². The number of anilines is 2. The number of carbonyl (C=O) groups excluding carboxylic acids is 1. The first-order valence-corrected chi connectivity index (χ1v) is 20.6. The minimum atomic E-state index is -4.87. The van der Waals surface area contributed by atoms with Gasteiger partial charge in [0.05, 0.1) is 34.3 Å². The van der Waals surface area contributed by atoms with Gasteiger partial charge in [-0.05, 0) is 68.4 Å². The van der Waals surface area contributed by atoms with Crippen LogP contribution in [0.25, 0.3) is 21.5 Å². The minimum absolute atomic E-state index is 0. The largest absolute Gasteiger partial charge is 0.507 e. The Morgan fingerprint density at radius 1 is 0.636 bits per heavy atom. The zero-order chi connectivity index (χ0) is 40.6. The van der Waals surface area contributed by atoms with E-state index in [9.17, 15) is 57.8 Å². The third-order valence-corrected chi connectivity index (χ3v) is 10.8. The Morgan fingerprint density at radius 2 is 1.11 bits per heavy atom. The van der Waals surface area contributed by atoms with E-state index in [-0.39, 0.29) is 58.9 Å². The van der Waals surface area contributed by atoms with Crippen molar-refractivity contribution in [1.82, 2.24) is 0 Å². The third-order valence-electron chi connectivity index (χ3n) is 7.29. The van der Waals surface area contributed by atoms with Crippen LogP contribution in [0.1, 0.15) is 24.2 Å². The van der Waals surface area contributed by atoms with E-state index >= 15 is 0 Å². The second-order valence-corrected chi connectivity index (χ2v) is 16.5. The van der Waals surface area contributed by atoms with E-state index in [1.807, 2.05) is 0 Å². The molecule has 0 aliphatic heterocycles. The molecule has 0 spiro atoms. The number of nitrogen functional groups attached to an aromatic ring is 1. The Balaban J connectivity index is 0.000000330. The van der Waals surface area contributed by atoms with Gasteiger partial charge in [0.25, 0.3) is 46.4 Å². The van der Waals surface area contributed by atoms with Crippen molar-refractivity contribution in [1.29, 1.82) is 0 Å². The van der Waals surface area contributed by atoms with E-state index < -0.39 is 82.8 Å². The molecule has 55 heavy (non-hydrogen) atoms. The lowest BCUT2D eigenvalue weighted by molar-refractivity contribution is 0.102. The number of ether oxygens (including phenoxy) is 2. The Bertz CT molecular complexity index is 2770. The quantitative estimate of drug-likeness (QED) is 0.0730. The van der Waals surface area contributed by atoms with Gasteiger partial charge >= 0.3 is 0 Å². The summed E-state index contributed by atoms with van der Waals surface area (Å²) in [7, 11) is -19.0. The number of hydrogen-bond donors (Lipinski definition) is 8. The number of amides is 1. The maximum Gasteiger partial charge on any atom is 0.295 e. The third kappa shape index (κ3) is 10.0. The number of rotatable bonds is 10. The molecular formula is C31H32N2O17S5. The monoisotopic (exact) mass is 864 g/mol. The molecule has 5 aromatic rings. The normalized spacial score (nSPS) is 12.0. The van der Waals surface area contributed by atoms with Crippen molar-refractivity contribution in [3.8, 4) is 23.0 Å². The molecule has 0 radical (unpaired) electrons. The average molecular weight is 865 g/mol.